The maximum atomic E-state index is 11.0. The van der Waals surface area contributed by atoms with Gasteiger partial charge in [-0.3, -0.25) is 9.59 Å². The van der Waals surface area contributed by atoms with Gasteiger partial charge >= 0.3 is 0 Å². The van der Waals surface area contributed by atoms with Gasteiger partial charge in [0.15, 0.2) is 0 Å². The first-order chi connectivity index (χ1) is 7.61. The zero-order chi connectivity index (χ0) is 12.0. The molecule has 2 amide bonds. The molecule has 0 bridgehead atoms. The molecule has 16 heavy (non-hydrogen) atoms. The number of nitrogens with one attached hydrogen (secondary N) is 2. The van der Waals surface area contributed by atoms with Gasteiger partial charge in [-0.25, -0.2) is 0 Å². The molecule has 0 aromatic heterocycles. The average molecular weight is 220 g/mol. The molecule has 0 fully saturated rings. The molecule has 1 aromatic rings. The van der Waals surface area contributed by atoms with Crippen LogP contribution in [0.2, 0.25) is 0 Å². The summed E-state index contributed by atoms with van der Waals surface area (Å²) in [6, 6.07) is 7.38. The van der Waals surface area contributed by atoms with E-state index in [0.29, 0.717) is 13.0 Å². The van der Waals surface area contributed by atoms with Crippen LogP contribution in [0.5, 0.6) is 0 Å². The van der Waals surface area contributed by atoms with E-state index >= 15 is 0 Å². The van der Waals surface area contributed by atoms with E-state index in [1.165, 1.54) is 6.92 Å². The van der Waals surface area contributed by atoms with Crippen LogP contribution in [0, 0.1) is 0 Å². The Morgan fingerprint density at radius 3 is 2.31 bits per heavy atom. The van der Waals surface area contributed by atoms with Crippen LogP contribution < -0.4 is 10.6 Å². The second-order valence-corrected chi connectivity index (χ2v) is 3.51. The lowest BCUT2D eigenvalue weighted by Crippen LogP contribution is -2.21. The second kappa shape index (κ2) is 5.90. The van der Waals surface area contributed by atoms with Crippen LogP contribution in [0.15, 0.2) is 24.3 Å². The standard InChI is InChI=1S/C12H16N2O2/c1-3-12(16)13-8-10-4-6-11(7-5-10)14-9(2)15/h4-7H,3,8H2,1-2H3,(H,13,16)(H,14,15). The first kappa shape index (κ1) is 12.2. The van der Waals surface area contributed by atoms with Gasteiger partial charge in [-0.1, -0.05) is 19.1 Å². The summed E-state index contributed by atoms with van der Waals surface area (Å²) in [5.41, 5.74) is 1.77. The van der Waals surface area contributed by atoms with Crippen LogP contribution in [-0.4, -0.2) is 11.8 Å². The quantitative estimate of drug-likeness (QED) is 0.811. The molecule has 0 aliphatic heterocycles. The lowest BCUT2D eigenvalue weighted by atomic mass is 10.2. The van der Waals surface area contributed by atoms with E-state index in [9.17, 15) is 9.59 Å². The monoisotopic (exact) mass is 220 g/mol. The van der Waals surface area contributed by atoms with Crippen molar-refractivity contribution in [3.05, 3.63) is 29.8 Å². The molecule has 2 N–H and O–H groups in total. The molecular weight excluding hydrogens is 204 g/mol. The Kier molecular flexibility index (Phi) is 4.51. The first-order valence-electron chi connectivity index (χ1n) is 5.25. The normalized spacial score (nSPS) is 9.62. The highest BCUT2D eigenvalue weighted by Crippen LogP contribution is 2.09. The van der Waals surface area contributed by atoms with Crippen molar-refractivity contribution >= 4 is 17.5 Å². The predicted molar refractivity (Wildman–Crippen MR) is 62.9 cm³/mol. The molecule has 86 valence electrons. The molecule has 0 saturated heterocycles. The minimum absolute atomic E-state index is 0.0333. The van der Waals surface area contributed by atoms with Crippen LogP contribution in [0.4, 0.5) is 5.69 Å². The van der Waals surface area contributed by atoms with Gasteiger partial charge in [-0.2, -0.15) is 0 Å². The number of hydrogen-bond donors (Lipinski definition) is 2. The SMILES string of the molecule is CCC(=O)NCc1ccc(NC(C)=O)cc1. The lowest BCUT2D eigenvalue weighted by Gasteiger charge is -2.05. The summed E-state index contributed by atoms with van der Waals surface area (Å²) in [6.45, 7) is 3.80. The molecule has 0 unspecified atom stereocenters. The highest BCUT2D eigenvalue weighted by molar-refractivity contribution is 5.88. The zero-order valence-electron chi connectivity index (χ0n) is 9.54. The van der Waals surface area contributed by atoms with E-state index in [1.807, 2.05) is 31.2 Å². The Bertz CT molecular complexity index is 371. The van der Waals surface area contributed by atoms with E-state index in [2.05, 4.69) is 10.6 Å². The first-order valence-corrected chi connectivity index (χ1v) is 5.25. The Hall–Kier alpha value is -1.84. The van der Waals surface area contributed by atoms with Gasteiger partial charge in [0.05, 0.1) is 0 Å². The number of anilines is 1. The molecule has 0 spiro atoms. The largest absolute Gasteiger partial charge is 0.352 e. The van der Waals surface area contributed by atoms with Crippen molar-refractivity contribution < 1.29 is 9.59 Å². The van der Waals surface area contributed by atoms with Crippen LogP contribution in [0.1, 0.15) is 25.8 Å². The number of hydrogen-bond acceptors (Lipinski definition) is 2. The Balaban J connectivity index is 2.51. The fourth-order valence-electron chi connectivity index (χ4n) is 1.23. The molecule has 0 radical (unpaired) electrons. The van der Waals surface area contributed by atoms with Crippen molar-refractivity contribution in [3.8, 4) is 0 Å². The second-order valence-electron chi connectivity index (χ2n) is 3.51. The average Bonchev–Trinajstić information content (AvgIpc) is 2.27. The molecule has 0 heterocycles. The number of amides is 2. The van der Waals surface area contributed by atoms with Crippen LogP contribution in [-0.2, 0) is 16.1 Å². The van der Waals surface area contributed by atoms with E-state index in [4.69, 9.17) is 0 Å². The topological polar surface area (TPSA) is 58.2 Å². The van der Waals surface area contributed by atoms with Crippen molar-refractivity contribution in [1.29, 1.82) is 0 Å². The summed E-state index contributed by atoms with van der Waals surface area (Å²) in [5, 5.41) is 5.46. The zero-order valence-corrected chi connectivity index (χ0v) is 9.54. The van der Waals surface area contributed by atoms with E-state index in [1.54, 1.807) is 0 Å². The van der Waals surface area contributed by atoms with Gasteiger partial charge < -0.3 is 10.6 Å². The summed E-state index contributed by atoms with van der Waals surface area (Å²) >= 11 is 0. The van der Waals surface area contributed by atoms with Crippen molar-refractivity contribution in [1.82, 2.24) is 5.32 Å². The molecule has 1 aromatic carbocycles. The Morgan fingerprint density at radius 1 is 1.19 bits per heavy atom. The minimum Gasteiger partial charge on any atom is -0.352 e. The van der Waals surface area contributed by atoms with Gasteiger partial charge in [0.1, 0.15) is 0 Å². The molecule has 4 nitrogen and oxygen atoms in total. The molecule has 0 saturated carbocycles. The molecular formula is C12H16N2O2. The third-order valence-electron chi connectivity index (χ3n) is 2.09. The fourth-order valence-corrected chi connectivity index (χ4v) is 1.23. The summed E-state index contributed by atoms with van der Waals surface area (Å²) in [6.07, 6.45) is 0.490. The molecule has 1 rings (SSSR count). The minimum atomic E-state index is -0.0907. The summed E-state index contributed by atoms with van der Waals surface area (Å²) in [5.74, 6) is -0.0574. The van der Waals surface area contributed by atoms with E-state index in [0.717, 1.165) is 11.3 Å². The maximum Gasteiger partial charge on any atom is 0.221 e. The predicted octanol–water partition coefficient (Wildman–Crippen LogP) is 1.67. The Labute approximate surface area is 95.0 Å². The molecule has 0 aliphatic rings. The van der Waals surface area contributed by atoms with E-state index < -0.39 is 0 Å². The fraction of sp³-hybridized carbons (Fsp3) is 0.333. The van der Waals surface area contributed by atoms with Gasteiger partial charge in [0.25, 0.3) is 0 Å². The van der Waals surface area contributed by atoms with E-state index in [-0.39, 0.29) is 11.8 Å². The molecule has 0 atom stereocenters. The summed E-state index contributed by atoms with van der Waals surface area (Å²) in [4.78, 5) is 21.8. The molecule has 4 heteroatoms. The third kappa shape index (κ3) is 4.13. The molecule has 0 aliphatic carbocycles. The highest BCUT2D eigenvalue weighted by atomic mass is 16.2. The number of benzene rings is 1. The summed E-state index contributed by atoms with van der Waals surface area (Å²) < 4.78 is 0. The number of carbonyl (C=O) groups is 2. The van der Waals surface area contributed by atoms with Crippen molar-refractivity contribution in [2.45, 2.75) is 26.8 Å². The van der Waals surface area contributed by atoms with Gasteiger partial charge in [0, 0.05) is 25.6 Å². The van der Waals surface area contributed by atoms with Crippen molar-refractivity contribution in [2.75, 3.05) is 5.32 Å². The number of carbonyl (C=O) groups excluding carboxylic acids is 2. The smallest absolute Gasteiger partial charge is 0.221 e. The van der Waals surface area contributed by atoms with Crippen molar-refractivity contribution in [2.24, 2.45) is 0 Å². The van der Waals surface area contributed by atoms with Gasteiger partial charge in [-0.15, -0.1) is 0 Å². The lowest BCUT2D eigenvalue weighted by molar-refractivity contribution is -0.121. The van der Waals surface area contributed by atoms with Crippen LogP contribution in [0.3, 0.4) is 0 Å². The maximum absolute atomic E-state index is 11.0. The van der Waals surface area contributed by atoms with Gasteiger partial charge in [-0.05, 0) is 17.7 Å². The summed E-state index contributed by atoms with van der Waals surface area (Å²) in [7, 11) is 0. The van der Waals surface area contributed by atoms with Crippen LogP contribution >= 0.6 is 0 Å². The van der Waals surface area contributed by atoms with Crippen LogP contribution in [0.25, 0.3) is 0 Å². The van der Waals surface area contributed by atoms with Gasteiger partial charge in [0.2, 0.25) is 11.8 Å². The number of rotatable bonds is 4. The highest BCUT2D eigenvalue weighted by Gasteiger charge is 1.98. The third-order valence-corrected chi connectivity index (χ3v) is 2.09. The van der Waals surface area contributed by atoms with Crippen molar-refractivity contribution in [3.63, 3.8) is 0 Å². The Morgan fingerprint density at radius 2 is 1.81 bits per heavy atom.